The Kier molecular flexibility index (Phi) is 4.60. The Morgan fingerprint density at radius 2 is 2.12 bits per heavy atom. The molecule has 0 aliphatic rings. The Hall–Kier alpha value is -3.42. The molecule has 0 atom stereocenters. The Morgan fingerprint density at radius 1 is 1.36 bits per heavy atom. The van der Waals surface area contributed by atoms with E-state index in [1.54, 1.807) is 19.3 Å². The number of nitrogens with zero attached hydrogens (tertiary/aromatic N) is 4. The molecule has 0 fully saturated rings. The average molecular weight is 339 g/mol. The fourth-order valence-electron chi connectivity index (χ4n) is 2.33. The van der Waals surface area contributed by atoms with Crippen LogP contribution in [0.4, 0.5) is 0 Å². The molecule has 0 aliphatic carbocycles. The molecule has 1 N–H and O–H groups in total. The molecule has 2 heterocycles. The van der Waals surface area contributed by atoms with Crippen LogP contribution < -0.4 is 15.6 Å². The Balaban J connectivity index is 1.92. The van der Waals surface area contributed by atoms with Gasteiger partial charge in [0.05, 0.1) is 12.8 Å². The minimum absolute atomic E-state index is 0.160. The maximum atomic E-state index is 12.5. The average Bonchev–Trinajstić information content (AvgIpc) is 3.07. The number of nitrogens with one attached hydrogen (secondary N) is 1. The molecule has 0 unspecified atom stereocenters. The second-order valence-corrected chi connectivity index (χ2v) is 5.27. The first kappa shape index (κ1) is 16.4. The first-order valence-electron chi connectivity index (χ1n) is 7.60. The van der Waals surface area contributed by atoms with E-state index in [4.69, 9.17) is 4.74 Å². The molecule has 1 amide bonds. The molecule has 3 rings (SSSR count). The quantitative estimate of drug-likeness (QED) is 0.673. The molecule has 0 bridgehead atoms. The molecule has 0 spiro atoms. The fourth-order valence-corrected chi connectivity index (χ4v) is 2.33. The third-order valence-corrected chi connectivity index (χ3v) is 3.61. The summed E-state index contributed by atoms with van der Waals surface area (Å²) in [6, 6.07) is 9.02. The van der Waals surface area contributed by atoms with Crippen molar-refractivity contribution in [2.45, 2.75) is 6.54 Å². The number of rotatable bonds is 6. The van der Waals surface area contributed by atoms with E-state index in [9.17, 15) is 9.59 Å². The summed E-state index contributed by atoms with van der Waals surface area (Å²) in [5, 5.41) is 10.9. The SMILES string of the molecule is C=CCNC(=O)Cn1ncn2nc(-c3ccc(OC)cc3)cc2c1=O. The predicted molar refractivity (Wildman–Crippen MR) is 92.4 cm³/mol. The molecule has 1 aromatic carbocycles. The summed E-state index contributed by atoms with van der Waals surface area (Å²) in [4.78, 5) is 24.3. The lowest BCUT2D eigenvalue weighted by molar-refractivity contribution is -0.121. The van der Waals surface area contributed by atoms with Gasteiger partial charge in [0.2, 0.25) is 5.91 Å². The number of hydrogen-bond donors (Lipinski definition) is 1. The smallest absolute Gasteiger partial charge is 0.293 e. The molecule has 3 aromatic rings. The zero-order chi connectivity index (χ0) is 17.8. The van der Waals surface area contributed by atoms with Crippen LogP contribution in [0.1, 0.15) is 0 Å². The van der Waals surface area contributed by atoms with Gasteiger partial charge in [-0.2, -0.15) is 10.2 Å². The molecule has 8 heteroatoms. The molecule has 0 aliphatic heterocycles. The highest BCUT2D eigenvalue weighted by Crippen LogP contribution is 2.21. The van der Waals surface area contributed by atoms with E-state index in [0.717, 1.165) is 16.0 Å². The van der Waals surface area contributed by atoms with Crippen molar-refractivity contribution in [3.63, 3.8) is 0 Å². The number of amides is 1. The van der Waals surface area contributed by atoms with E-state index in [1.807, 2.05) is 24.3 Å². The summed E-state index contributed by atoms with van der Waals surface area (Å²) >= 11 is 0. The Morgan fingerprint density at radius 3 is 2.80 bits per heavy atom. The van der Waals surface area contributed by atoms with Gasteiger partial charge in [-0.25, -0.2) is 9.20 Å². The fraction of sp³-hybridized carbons (Fsp3) is 0.176. The third kappa shape index (κ3) is 3.42. The van der Waals surface area contributed by atoms with Gasteiger partial charge in [-0.1, -0.05) is 6.08 Å². The van der Waals surface area contributed by atoms with E-state index in [2.05, 4.69) is 22.1 Å². The van der Waals surface area contributed by atoms with E-state index in [0.29, 0.717) is 17.8 Å². The Bertz CT molecular complexity index is 972. The minimum atomic E-state index is -0.386. The zero-order valence-electron chi connectivity index (χ0n) is 13.7. The van der Waals surface area contributed by atoms with Gasteiger partial charge in [0.1, 0.15) is 24.1 Å². The van der Waals surface area contributed by atoms with Gasteiger partial charge in [0.25, 0.3) is 5.56 Å². The van der Waals surface area contributed by atoms with Gasteiger partial charge in [0.15, 0.2) is 0 Å². The number of hydrogen-bond acceptors (Lipinski definition) is 5. The molecular weight excluding hydrogens is 322 g/mol. The molecule has 0 radical (unpaired) electrons. The van der Waals surface area contributed by atoms with Gasteiger partial charge in [-0.3, -0.25) is 9.59 Å². The predicted octanol–water partition coefficient (Wildman–Crippen LogP) is 0.869. The normalized spacial score (nSPS) is 10.6. The van der Waals surface area contributed by atoms with Crippen LogP contribution in [0.2, 0.25) is 0 Å². The van der Waals surface area contributed by atoms with Gasteiger partial charge < -0.3 is 10.1 Å². The second kappa shape index (κ2) is 7.00. The number of carbonyl (C=O) groups is 1. The molecular formula is C17H17N5O3. The minimum Gasteiger partial charge on any atom is -0.497 e. The van der Waals surface area contributed by atoms with Crippen LogP contribution in [-0.4, -0.2) is 39.0 Å². The summed E-state index contributed by atoms with van der Waals surface area (Å²) in [5.41, 5.74) is 1.44. The van der Waals surface area contributed by atoms with Gasteiger partial charge in [-0.05, 0) is 30.3 Å². The number of ether oxygens (including phenoxy) is 1. The van der Waals surface area contributed by atoms with Crippen LogP contribution in [0.15, 0.2) is 54.1 Å². The maximum Gasteiger partial charge on any atom is 0.293 e. The van der Waals surface area contributed by atoms with Crippen molar-refractivity contribution in [2.75, 3.05) is 13.7 Å². The van der Waals surface area contributed by atoms with E-state index in [-0.39, 0.29) is 18.0 Å². The van der Waals surface area contributed by atoms with Crippen LogP contribution in [0.3, 0.4) is 0 Å². The van der Waals surface area contributed by atoms with Crippen molar-refractivity contribution >= 4 is 11.4 Å². The number of methoxy groups -OCH3 is 1. The number of carbonyl (C=O) groups excluding carboxylic acids is 1. The van der Waals surface area contributed by atoms with Crippen LogP contribution >= 0.6 is 0 Å². The summed E-state index contributed by atoms with van der Waals surface area (Å²) in [5.74, 6) is 0.427. The molecule has 0 saturated carbocycles. The molecule has 128 valence electrons. The standard InChI is InChI=1S/C17H17N5O3/c1-3-8-18-16(23)10-21-17(24)15-9-14(20-22(15)11-19-21)12-4-6-13(25-2)7-5-12/h3-7,9,11H,1,8,10H2,2H3,(H,18,23). The summed E-state index contributed by atoms with van der Waals surface area (Å²) in [6.45, 7) is 3.70. The Labute approximate surface area is 143 Å². The lowest BCUT2D eigenvalue weighted by Crippen LogP contribution is -2.34. The number of fused-ring (bicyclic) bond motifs is 1. The second-order valence-electron chi connectivity index (χ2n) is 5.27. The third-order valence-electron chi connectivity index (χ3n) is 3.61. The highest BCUT2D eigenvalue weighted by Gasteiger charge is 2.12. The van der Waals surface area contributed by atoms with Crippen molar-refractivity contribution in [1.82, 2.24) is 24.7 Å². The van der Waals surface area contributed by atoms with E-state index < -0.39 is 0 Å². The van der Waals surface area contributed by atoms with Crippen LogP contribution in [0.5, 0.6) is 5.75 Å². The largest absolute Gasteiger partial charge is 0.497 e. The van der Waals surface area contributed by atoms with E-state index >= 15 is 0 Å². The highest BCUT2D eigenvalue weighted by atomic mass is 16.5. The van der Waals surface area contributed by atoms with Gasteiger partial charge >= 0.3 is 0 Å². The van der Waals surface area contributed by atoms with Gasteiger partial charge in [0, 0.05) is 12.1 Å². The highest BCUT2D eigenvalue weighted by molar-refractivity contribution is 5.75. The van der Waals surface area contributed by atoms with Crippen LogP contribution in [0, 0.1) is 0 Å². The molecule has 2 aromatic heterocycles. The zero-order valence-corrected chi connectivity index (χ0v) is 13.7. The molecule has 8 nitrogen and oxygen atoms in total. The van der Waals surface area contributed by atoms with Crippen molar-refractivity contribution in [3.8, 4) is 17.0 Å². The first-order chi connectivity index (χ1) is 12.1. The van der Waals surface area contributed by atoms with Crippen molar-refractivity contribution in [1.29, 1.82) is 0 Å². The molecule has 25 heavy (non-hydrogen) atoms. The summed E-state index contributed by atoms with van der Waals surface area (Å²) in [6.07, 6.45) is 2.97. The number of aromatic nitrogens is 4. The van der Waals surface area contributed by atoms with Crippen molar-refractivity contribution in [3.05, 3.63) is 59.7 Å². The van der Waals surface area contributed by atoms with Crippen LogP contribution in [0.25, 0.3) is 16.8 Å². The monoisotopic (exact) mass is 339 g/mol. The van der Waals surface area contributed by atoms with Crippen LogP contribution in [-0.2, 0) is 11.3 Å². The van der Waals surface area contributed by atoms with Crippen molar-refractivity contribution < 1.29 is 9.53 Å². The topological polar surface area (TPSA) is 90.5 Å². The molecule has 0 saturated heterocycles. The maximum absolute atomic E-state index is 12.5. The van der Waals surface area contributed by atoms with E-state index in [1.165, 1.54) is 10.8 Å². The van der Waals surface area contributed by atoms with Crippen molar-refractivity contribution in [2.24, 2.45) is 0 Å². The number of benzene rings is 1. The summed E-state index contributed by atoms with van der Waals surface area (Å²) < 4.78 is 7.64. The lowest BCUT2D eigenvalue weighted by Gasteiger charge is -2.04. The summed E-state index contributed by atoms with van der Waals surface area (Å²) in [7, 11) is 1.60. The van der Waals surface area contributed by atoms with Gasteiger partial charge in [-0.15, -0.1) is 6.58 Å². The first-order valence-corrected chi connectivity index (χ1v) is 7.60. The lowest BCUT2D eigenvalue weighted by atomic mass is 10.1.